The van der Waals surface area contributed by atoms with Crippen LogP contribution in [0.2, 0.25) is 0 Å². The molecule has 0 aliphatic carbocycles. The Morgan fingerprint density at radius 2 is 2.00 bits per heavy atom. The first-order valence-corrected chi connectivity index (χ1v) is 5.30. The molecule has 0 radical (unpaired) electrons. The van der Waals surface area contributed by atoms with Gasteiger partial charge in [0, 0.05) is 13.1 Å². The third-order valence-corrected chi connectivity index (χ3v) is 3.15. The van der Waals surface area contributed by atoms with Crippen molar-refractivity contribution >= 4 is 5.78 Å². The lowest BCUT2D eigenvalue weighted by molar-refractivity contribution is -0.136. The summed E-state index contributed by atoms with van der Waals surface area (Å²) in [4.78, 5) is 13.7. The van der Waals surface area contributed by atoms with E-state index < -0.39 is 0 Å². The number of likely N-dealkylation sites (tertiary alicyclic amines) is 1. The van der Waals surface area contributed by atoms with E-state index in [4.69, 9.17) is 0 Å². The normalized spacial score (nSPS) is 21.2. The molecule has 2 nitrogen and oxygen atoms in total. The Bertz CT molecular complexity index is 183. The van der Waals surface area contributed by atoms with E-state index in [-0.39, 0.29) is 5.41 Å². The van der Waals surface area contributed by atoms with Gasteiger partial charge in [-0.1, -0.05) is 26.2 Å². The Morgan fingerprint density at radius 3 is 2.38 bits per heavy atom. The highest BCUT2D eigenvalue weighted by atomic mass is 16.1. The van der Waals surface area contributed by atoms with Gasteiger partial charge in [-0.3, -0.25) is 4.79 Å². The third kappa shape index (κ3) is 2.31. The number of Topliss-reactive ketones (excluding diaryl/α,β-unsaturated/α-hetero) is 1. The topological polar surface area (TPSA) is 20.3 Å². The molecule has 0 spiro atoms. The zero-order valence-corrected chi connectivity index (χ0v) is 9.10. The van der Waals surface area contributed by atoms with E-state index >= 15 is 0 Å². The fraction of sp³-hybridized carbons (Fsp3) is 0.909. The molecule has 0 N–H and O–H groups in total. The van der Waals surface area contributed by atoms with Crippen LogP contribution in [-0.2, 0) is 4.79 Å². The molecule has 0 aromatic carbocycles. The molecule has 0 bridgehead atoms. The van der Waals surface area contributed by atoms with Gasteiger partial charge in [-0.2, -0.15) is 0 Å². The minimum atomic E-state index is 0.0317. The lowest BCUT2D eigenvalue weighted by atomic mass is 9.73. The maximum Gasteiger partial charge on any atom is 0.138 e. The maximum absolute atomic E-state index is 11.5. The van der Waals surface area contributed by atoms with Crippen molar-refractivity contribution in [3.63, 3.8) is 0 Å². The monoisotopic (exact) mass is 183 g/mol. The van der Waals surface area contributed by atoms with Gasteiger partial charge in [0.25, 0.3) is 0 Å². The summed E-state index contributed by atoms with van der Waals surface area (Å²) in [5, 5.41) is 0. The Morgan fingerprint density at radius 1 is 1.38 bits per heavy atom. The molecule has 0 unspecified atom stereocenters. The van der Waals surface area contributed by atoms with E-state index in [2.05, 4.69) is 18.9 Å². The molecular weight excluding hydrogens is 162 g/mol. The number of carbonyl (C=O) groups excluding carboxylic acids is 1. The first-order chi connectivity index (χ1) is 6.10. The smallest absolute Gasteiger partial charge is 0.138 e. The van der Waals surface area contributed by atoms with Crippen LogP contribution in [0, 0.1) is 5.41 Å². The van der Waals surface area contributed by atoms with Gasteiger partial charge >= 0.3 is 0 Å². The summed E-state index contributed by atoms with van der Waals surface area (Å²) in [6.07, 6.45) is 4.81. The van der Waals surface area contributed by atoms with Gasteiger partial charge in [0.2, 0.25) is 0 Å². The molecule has 1 saturated heterocycles. The van der Waals surface area contributed by atoms with Crippen molar-refractivity contribution in [1.29, 1.82) is 0 Å². The third-order valence-electron chi connectivity index (χ3n) is 3.15. The van der Waals surface area contributed by atoms with Crippen LogP contribution in [-0.4, -0.2) is 30.8 Å². The van der Waals surface area contributed by atoms with Gasteiger partial charge in [-0.05, 0) is 20.4 Å². The van der Waals surface area contributed by atoms with E-state index in [1.54, 1.807) is 6.92 Å². The van der Waals surface area contributed by atoms with E-state index in [1.807, 2.05) is 0 Å². The van der Waals surface area contributed by atoms with Crippen molar-refractivity contribution < 1.29 is 4.79 Å². The molecule has 13 heavy (non-hydrogen) atoms. The van der Waals surface area contributed by atoms with Gasteiger partial charge in [0.15, 0.2) is 0 Å². The number of nitrogens with zero attached hydrogens (tertiary/aromatic N) is 1. The minimum absolute atomic E-state index is 0.0317. The number of rotatable bonds is 5. The van der Waals surface area contributed by atoms with Gasteiger partial charge in [-0.25, -0.2) is 0 Å². The van der Waals surface area contributed by atoms with Crippen molar-refractivity contribution in [2.75, 3.05) is 20.1 Å². The largest absolute Gasteiger partial charge is 0.304 e. The summed E-state index contributed by atoms with van der Waals surface area (Å²) in [5.41, 5.74) is 0.0317. The van der Waals surface area contributed by atoms with E-state index in [9.17, 15) is 4.79 Å². The van der Waals surface area contributed by atoms with E-state index in [0.717, 1.165) is 19.5 Å². The molecule has 0 aromatic rings. The summed E-state index contributed by atoms with van der Waals surface area (Å²) in [5.74, 6) is 0.390. The molecule has 1 heterocycles. The Hall–Kier alpha value is -0.370. The number of carbonyl (C=O) groups is 1. The second-order valence-corrected chi connectivity index (χ2v) is 4.47. The Balaban J connectivity index is 2.36. The maximum atomic E-state index is 11.5. The molecule has 1 aliphatic rings. The summed E-state index contributed by atoms with van der Waals surface area (Å²) < 4.78 is 0. The second-order valence-electron chi connectivity index (χ2n) is 4.47. The molecule has 1 aliphatic heterocycles. The molecule has 1 fully saturated rings. The fourth-order valence-electron chi connectivity index (χ4n) is 2.26. The zero-order chi connectivity index (χ0) is 9.90. The first-order valence-electron chi connectivity index (χ1n) is 5.30. The molecule has 0 amide bonds. The molecule has 2 heteroatoms. The molecule has 0 aromatic heterocycles. The van der Waals surface area contributed by atoms with Gasteiger partial charge in [0.1, 0.15) is 5.78 Å². The predicted octanol–water partition coefficient (Wildman–Crippen LogP) is 2.09. The highest BCUT2D eigenvalue weighted by Gasteiger charge is 2.44. The minimum Gasteiger partial charge on any atom is -0.304 e. The van der Waals surface area contributed by atoms with Crippen LogP contribution in [0.4, 0.5) is 0 Å². The Labute approximate surface area is 81.3 Å². The van der Waals surface area contributed by atoms with Crippen LogP contribution in [0.25, 0.3) is 0 Å². The lowest BCUT2D eigenvalue weighted by Crippen LogP contribution is -2.57. The fourth-order valence-corrected chi connectivity index (χ4v) is 2.26. The van der Waals surface area contributed by atoms with Crippen LogP contribution in [0.5, 0.6) is 0 Å². The summed E-state index contributed by atoms with van der Waals surface area (Å²) in [6, 6.07) is 0. The zero-order valence-electron chi connectivity index (χ0n) is 9.10. The quantitative estimate of drug-likeness (QED) is 0.608. The molecule has 76 valence electrons. The van der Waals surface area contributed by atoms with Gasteiger partial charge in [-0.15, -0.1) is 0 Å². The van der Waals surface area contributed by atoms with Crippen LogP contribution < -0.4 is 0 Å². The van der Waals surface area contributed by atoms with E-state index in [0.29, 0.717) is 5.78 Å². The van der Waals surface area contributed by atoms with Crippen molar-refractivity contribution in [1.82, 2.24) is 4.90 Å². The molecule has 1 rings (SSSR count). The summed E-state index contributed by atoms with van der Waals surface area (Å²) in [7, 11) is 2.08. The second kappa shape index (κ2) is 4.23. The highest BCUT2D eigenvalue weighted by molar-refractivity contribution is 5.83. The van der Waals surface area contributed by atoms with Crippen molar-refractivity contribution in [3.8, 4) is 0 Å². The van der Waals surface area contributed by atoms with Crippen molar-refractivity contribution in [3.05, 3.63) is 0 Å². The predicted molar refractivity (Wildman–Crippen MR) is 54.8 cm³/mol. The number of unbranched alkanes of at least 4 members (excludes halogenated alkanes) is 2. The van der Waals surface area contributed by atoms with E-state index in [1.165, 1.54) is 19.3 Å². The number of ketones is 1. The average molecular weight is 183 g/mol. The molecule has 0 saturated carbocycles. The lowest BCUT2D eigenvalue weighted by Gasteiger charge is -2.47. The molecule has 0 atom stereocenters. The van der Waals surface area contributed by atoms with Crippen LogP contribution >= 0.6 is 0 Å². The van der Waals surface area contributed by atoms with Crippen LogP contribution in [0.3, 0.4) is 0 Å². The first kappa shape index (κ1) is 10.7. The average Bonchev–Trinajstić information content (AvgIpc) is 2.00. The summed E-state index contributed by atoms with van der Waals surface area (Å²) in [6.45, 7) is 5.91. The van der Waals surface area contributed by atoms with Gasteiger partial charge in [0.05, 0.1) is 5.41 Å². The van der Waals surface area contributed by atoms with Crippen molar-refractivity contribution in [2.24, 2.45) is 5.41 Å². The number of hydrogen-bond donors (Lipinski definition) is 0. The number of hydrogen-bond acceptors (Lipinski definition) is 2. The Kier molecular flexibility index (Phi) is 3.48. The highest BCUT2D eigenvalue weighted by Crippen LogP contribution is 2.35. The SMILES string of the molecule is CCCCCC1(C(C)=O)CN(C)C1. The standard InChI is InChI=1S/C11H21NO/c1-4-5-6-7-11(10(2)13)8-12(3)9-11/h4-9H2,1-3H3. The van der Waals surface area contributed by atoms with Gasteiger partial charge < -0.3 is 4.90 Å². The summed E-state index contributed by atoms with van der Waals surface area (Å²) >= 11 is 0. The van der Waals surface area contributed by atoms with Crippen molar-refractivity contribution in [2.45, 2.75) is 39.5 Å². The van der Waals surface area contributed by atoms with Crippen LogP contribution in [0.15, 0.2) is 0 Å². The molecular formula is C11H21NO. The van der Waals surface area contributed by atoms with Crippen LogP contribution in [0.1, 0.15) is 39.5 Å².